The number of carbonyl (C=O) groups is 2. The minimum atomic E-state index is -0.432. The van der Waals surface area contributed by atoms with Crippen LogP contribution >= 0.6 is 15.9 Å². The van der Waals surface area contributed by atoms with Gasteiger partial charge < -0.3 is 15.1 Å². The molecule has 148 valence electrons. The number of hydrogen-bond acceptors (Lipinski definition) is 3. The molecule has 1 aliphatic heterocycles. The van der Waals surface area contributed by atoms with Gasteiger partial charge in [0, 0.05) is 41.0 Å². The first-order valence-electron chi connectivity index (χ1n) is 9.76. The summed E-state index contributed by atoms with van der Waals surface area (Å²) in [7, 11) is 0. The minimum Gasteiger partial charge on any atom is -0.372 e. The molecule has 1 heterocycles. The first-order valence-corrected chi connectivity index (χ1v) is 10.5. The SMILES string of the molecule is CCN(CC)c1ccc(NC(=O)C2CCCN2C(=O)c2ccc(Br)cc2)cc1. The Kier molecular flexibility index (Phi) is 6.73. The lowest BCUT2D eigenvalue weighted by Gasteiger charge is -2.24. The van der Waals surface area contributed by atoms with Gasteiger partial charge in [-0.2, -0.15) is 0 Å². The predicted molar refractivity (Wildman–Crippen MR) is 117 cm³/mol. The van der Waals surface area contributed by atoms with E-state index < -0.39 is 6.04 Å². The number of likely N-dealkylation sites (tertiary alicyclic amines) is 1. The zero-order chi connectivity index (χ0) is 20.1. The number of nitrogens with one attached hydrogen (secondary N) is 1. The molecule has 1 N–H and O–H groups in total. The summed E-state index contributed by atoms with van der Waals surface area (Å²) < 4.78 is 0.924. The summed E-state index contributed by atoms with van der Waals surface area (Å²) in [5, 5.41) is 2.97. The molecule has 1 atom stereocenters. The van der Waals surface area contributed by atoms with E-state index in [4.69, 9.17) is 0 Å². The van der Waals surface area contributed by atoms with Crippen molar-refractivity contribution in [3.8, 4) is 0 Å². The smallest absolute Gasteiger partial charge is 0.254 e. The molecule has 1 aliphatic rings. The summed E-state index contributed by atoms with van der Waals surface area (Å²) in [5.41, 5.74) is 2.49. The van der Waals surface area contributed by atoms with Gasteiger partial charge in [0.05, 0.1) is 0 Å². The van der Waals surface area contributed by atoms with Crippen LogP contribution in [0, 0.1) is 0 Å². The van der Waals surface area contributed by atoms with Crippen LogP contribution < -0.4 is 10.2 Å². The quantitative estimate of drug-likeness (QED) is 0.712. The van der Waals surface area contributed by atoms with Gasteiger partial charge in [0.25, 0.3) is 5.91 Å². The number of benzene rings is 2. The molecule has 3 rings (SSSR count). The lowest BCUT2D eigenvalue weighted by Crippen LogP contribution is -2.43. The van der Waals surface area contributed by atoms with Crippen molar-refractivity contribution in [2.75, 3.05) is 29.9 Å². The summed E-state index contributed by atoms with van der Waals surface area (Å²) in [6.07, 6.45) is 1.52. The molecular formula is C22H26BrN3O2. The Bertz CT molecular complexity index is 817. The summed E-state index contributed by atoms with van der Waals surface area (Å²) >= 11 is 3.38. The highest BCUT2D eigenvalue weighted by Gasteiger charge is 2.34. The van der Waals surface area contributed by atoms with Gasteiger partial charge in [-0.15, -0.1) is 0 Å². The minimum absolute atomic E-state index is 0.0953. The molecule has 1 fully saturated rings. The monoisotopic (exact) mass is 443 g/mol. The molecule has 0 aliphatic carbocycles. The van der Waals surface area contributed by atoms with Crippen LogP contribution in [0.2, 0.25) is 0 Å². The number of halogens is 1. The third kappa shape index (κ3) is 4.55. The van der Waals surface area contributed by atoms with Crippen molar-refractivity contribution in [1.29, 1.82) is 0 Å². The average molecular weight is 444 g/mol. The van der Waals surface area contributed by atoms with E-state index in [0.29, 0.717) is 18.5 Å². The molecule has 1 unspecified atom stereocenters. The predicted octanol–water partition coefficient (Wildman–Crippen LogP) is 4.54. The highest BCUT2D eigenvalue weighted by molar-refractivity contribution is 9.10. The van der Waals surface area contributed by atoms with Crippen LogP contribution in [0.3, 0.4) is 0 Å². The van der Waals surface area contributed by atoms with Crippen molar-refractivity contribution in [2.24, 2.45) is 0 Å². The maximum absolute atomic E-state index is 12.8. The lowest BCUT2D eigenvalue weighted by atomic mass is 10.1. The normalized spacial score (nSPS) is 16.1. The molecule has 0 saturated carbocycles. The summed E-state index contributed by atoms with van der Waals surface area (Å²) in [6.45, 7) is 6.73. The van der Waals surface area contributed by atoms with Crippen molar-refractivity contribution < 1.29 is 9.59 Å². The summed E-state index contributed by atoms with van der Waals surface area (Å²) in [6, 6.07) is 14.7. The fraction of sp³-hybridized carbons (Fsp3) is 0.364. The van der Waals surface area contributed by atoms with Crippen LogP contribution in [0.1, 0.15) is 37.0 Å². The van der Waals surface area contributed by atoms with E-state index in [1.54, 1.807) is 17.0 Å². The summed E-state index contributed by atoms with van der Waals surface area (Å²) in [4.78, 5) is 29.6. The van der Waals surface area contributed by atoms with Crippen molar-refractivity contribution in [3.63, 3.8) is 0 Å². The number of hydrogen-bond donors (Lipinski definition) is 1. The fourth-order valence-corrected chi connectivity index (χ4v) is 3.87. The van der Waals surface area contributed by atoms with Crippen LogP contribution in [0.5, 0.6) is 0 Å². The Morgan fingerprint density at radius 1 is 1.07 bits per heavy atom. The molecule has 5 nitrogen and oxygen atoms in total. The topological polar surface area (TPSA) is 52.7 Å². The van der Waals surface area contributed by atoms with Crippen LogP contribution in [0.15, 0.2) is 53.0 Å². The van der Waals surface area contributed by atoms with Gasteiger partial charge in [-0.3, -0.25) is 9.59 Å². The van der Waals surface area contributed by atoms with E-state index in [-0.39, 0.29) is 11.8 Å². The van der Waals surface area contributed by atoms with E-state index >= 15 is 0 Å². The Morgan fingerprint density at radius 3 is 2.32 bits per heavy atom. The standard InChI is InChI=1S/C22H26BrN3O2/c1-3-25(4-2)19-13-11-18(12-14-19)24-21(27)20-6-5-15-26(20)22(28)16-7-9-17(23)10-8-16/h7-14,20H,3-6,15H2,1-2H3,(H,24,27). The number of carbonyl (C=O) groups excluding carboxylic acids is 2. The summed E-state index contributed by atoms with van der Waals surface area (Å²) in [5.74, 6) is -0.222. The Labute approximate surface area is 174 Å². The second kappa shape index (κ2) is 9.24. The van der Waals surface area contributed by atoms with Crippen LogP contribution in [-0.2, 0) is 4.79 Å². The molecule has 0 aromatic heterocycles. The molecule has 2 amide bonds. The largest absolute Gasteiger partial charge is 0.372 e. The maximum Gasteiger partial charge on any atom is 0.254 e. The van der Waals surface area contributed by atoms with E-state index in [1.807, 2.05) is 36.4 Å². The zero-order valence-electron chi connectivity index (χ0n) is 16.3. The average Bonchev–Trinajstić information content (AvgIpc) is 3.20. The van der Waals surface area contributed by atoms with Crippen molar-refractivity contribution >= 4 is 39.1 Å². The van der Waals surface area contributed by atoms with Crippen molar-refractivity contribution in [1.82, 2.24) is 4.90 Å². The van der Waals surface area contributed by atoms with E-state index in [9.17, 15) is 9.59 Å². The second-order valence-electron chi connectivity index (χ2n) is 6.87. The Hall–Kier alpha value is -2.34. The Morgan fingerprint density at radius 2 is 1.71 bits per heavy atom. The number of anilines is 2. The van der Waals surface area contributed by atoms with E-state index in [0.717, 1.165) is 35.4 Å². The first-order chi connectivity index (χ1) is 13.5. The van der Waals surface area contributed by atoms with Crippen molar-refractivity contribution in [2.45, 2.75) is 32.7 Å². The van der Waals surface area contributed by atoms with Gasteiger partial charge in [0.2, 0.25) is 5.91 Å². The second-order valence-corrected chi connectivity index (χ2v) is 7.79. The Balaban J connectivity index is 1.67. The van der Waals surface area contributed by atoms with Gasteiger partial charge in [-0.25, -0.2) is 0 Å². The fourth-order valence-electron chi connectivity index (χ4n) is 3.61. The molecule has 2 aromatic rings. The van der Waals surface area contributed by atoms with Crippen molar-refractivity contribution in [3.05, 3.63) is 58.6 Å². The van der Waals surface area contributed by atoms with Gasteiger partial charge in [-0.05, 0) is 75.2 Å². The molecule has 28 heavy (non-hydrogen) atoms. The number of rotatable bonds is 6. The molecule has 2 aromatic carbocycles. The van der Waals surface area contributed by atoms with Crippen LogP contribution in [0.4, 0.5) is 11.4 Å². The lowest BCUT2D eigenvalue weighted by molar-refractivity contribution is -0.119. The van der Waals surface area contributed by atoms with Crippen LogP contribution in [0.25, 0.3) is 0 Å². The maximum atomic E-state index is 12.8. The molecule has 0 bridgehead atoms. The molecule has 0 spiro atoms. The molecule has 6 heteroatoms. The third-order valence-electron chi connectivity index (χ3n) is 5.17. The number of nitrogens with zero attached hydrogens (tertiary/aromatic N) is 2. The van der Waals surface area contributed by atoms with Crippen LogP contribution in [-0.4, -0.2) is 42.4 Å². The van der Waals surface area contributed by atoms with E-state index in [1.165, 1.54) is 0 Å². The third-order valence-corrected chi connectivity index (χ3v) is 5.70. The molecular weight excluding hydrogens is 418 g/mol. The number of amides is 2. The molecule has 0 radical (unpaired) electrons. The highest BCUT2D eigenvalue weighted by Crippen LogP contribution is 2.23. The highest BCUT2D eigenvalue weighted by atomic mass is 79.9. The molecule has 1 saturated heterocycles. The van der Waals surface area contributed by atoms with Gasteiger partial charge in [-0.1, -0.05) is 15.9 Å². The van der Waals surface area contributed by atoms with E-state index in [2.05, 4.69) is 40.0 Å². The zero-order valence-corrected chi connectivity index (χ0v) is 17.9. The van der Waals surface area contributed by atoms with Gasteiger partial charge in [0.15, 0.2) is 0 Å². The first kappa shape index (κ1) is 20.4. The van der Waals surface area contributed by atoms with Gasteiger partial charge >= 0.3 is 0 Å². The van der Waals surface area contributed by atoms with Gasteiger partial charge in [0.1, 0.15) is 6.04 Å².